The Hall–Kier alpha value is -1.45. The van der Waals surface area contributed by atoms with Gasteiger partial charge in [-0.05, 0) is 13.3 Å². The van der Waals surface area contributed by atoms with E-state index in [1.165, 1.54) is 26.2 Å². The van der Waals surface area contributed by atoms with Crippen molar-refractivity contribution in [1.29, 1.82) is 0 Å². The molecular formula is C14H23N3O. The van der Waals surface area contributed by atoms with Crippen molar-refractivity contribution in [3.05, 3.63) is 17.2 Å². The Labute approximate surface area is 109 Å². The number of nitrogens with zero attached hydrogens (tertiary/aromatic N) is 2. The molecular weight excluding hydrogens is 226 g/mol. The topological polar surface area (TPSA) is 68.9 Å². The van der Waals surface area contributed by atoms with Gasteiger partial charge in [-0.15, -0.1) is 0 Å². The van der Waals surface area contributed by atoms with Gasteiger partial charge in [-0.1, -0.05) is 33.1 Å². The highest BCUT2D eigenvalue weighted by Crippen LogP contribution is 2.22. The highest BCUT2D eigenvalue weighted by molar-refractivity contribution is 5.97. The predicted octanol–water partition coefficient (Wildman–Crippen LogP) is 3.25. The number of hydrogen-bond acceptors (Lipinski definition) is 4. The second kappa shape index (κ2) is 6.47. The number of carbonyl (C=O) groups is 1. The van der Waals surface area contributed by atoms with Crippen LogP contribution < -0.4 is 5.73 Å². The van der Waals surface area contributed by atoms with Crippen molar-refractivity contribution in [1.82, 2.24) is 9.97 Å². The Bertz CT molecular complexity index is 429. The Morgan fingerprint density at radius 3 is 2.56 bits per heavy atom. The number of unbranched alkanes of at least 4 members (excludes halogenated alkanes) is 2. The highest BCUT2D eigenvalue weighted by atomic mass is 16.1. The zero-order valence-corrected chi connectivity index (χ0v) is 11.8. The molecule has 1 aromatic rings. The second-order valence-electron chi connectivity index (χ2n) is 4.88. The number of aryl methyl sites for hydroxylation is 1. The zero-order chi connectivity index (χ0) is 13.7. The van der Waals surface area contributed by atoms with Crippen molar-refractivity contribution in [3.8, 4) is 0 Å². The first kappa shape index (κ1) is 14.6. The molecule has 0 fully saturated rings. The van der Waals surface area contributed by atoms with E-state index in [1.54, 1.807) is 0 Å². The number of anilines is 1. The van der Waals surface area contributed by atoms with Crippen LogP contribution in [-0.4, -0.2) is 15.8 Å². The molecule has 4 heteroatoms. The molecule has 1 atom stereocenters. The van der Waals surface area contributed by atoms with Gasteiger partial charge < -0.3 is 5.73 Å². The van der Waals surface area contributed by atoms with E-state index in [1.807, 2.05) is 6.92 Å². The van der Waals surface area contributed by atoms with E-state index in [9.17, 15) is 4.79 Å². The maximum absolute atomic E-state index is 11.5. The molecule has 2 N–H and O–H groups in total. The number of rotatable bonds is 6. The lowest BCUT2D eigenvalue weighted by molar-refractivity contribution is 0.101. The molecule has 0 aliphatic heterocycles. The number of Topliss-reactive ketones (excluding diaryl/α,β-unsaturated/α-hetero) is 1. The molecule has 0 amide bonds. The summed E-state index contributed by atoms with van der Waals surface area (Å²) in [6.45, 7) is 7.60. The van der Waals surface area contributed by atoms with Gasteiger partial charge in [0.15, 0.2) is 5.78 Å². The summed E-state index contributed by atoms with van der Waals surface area (Å²) in [5.74, 6) is 0.914. The first-order valence-corrected chi connectivity index (χ1v) is 6.62. The fraction of sp³-hybridized carbons (Fsp3) is 0.643. The quantitative estimate of drug-likeness (QED) is 0.620. The molecule has 0 aromatic carbocycles. The molecule has 0 bridgehead atoms. The SMILES string of the molecule is CCCCCC(C)c1nc(C)c(N)c(C(C)=O)n1. The van der Waals surface area contributed by atoms with Crippen molar-refractivity contribution in [3.63, 3.8) is 0 Å². The van der Waals surface area contributed by atoms with Crippen molar-refractivity contribution in [2.24, 2.45) is 0 Å². The number of aromatic nitrogens is 2. The minimum absolute atomic E-state index is 0.0972. The van der Waals surface area contributed by atoms with Crippen LogP contribution in [0.2, 0.25) is 0 Å². The molecule has 1 aromatic heterocycles. The monoisotopic (exact) mass is 249 g/mol. The first-order valence-electron chi connectivity index (χ1n) is 6.62. The Morgan fingerprint density at radius 1 is 1.33 bits per heavy atom. The molecule has 0 aliphatic rings. The van der Waals surface area contributed by atoms with Gasteiger partial charge in [0, 0.05) is 12.8 Å². The molecule has 0 spiro atoms. The lowest BCUT2D eigenvalue weighted by Crippen LogP contribution is -2.12. The van der Waals surface area contributed by atoms with Crippen LogP contribution in [0.25, 0.3) is 0 Å². The summed E-state index contributed by atoms with van der Waals surface area (Å²) in [5.41, 5.74) is 7.30. The Morgan fingerprint density at radius 2 is 2.00 bits per heavy atom. The molecule has 18 heavy (non-hydrogen) atoms. The molecule has 4 nitrogen and oxygen atoms in total. The highest BCUT2D eigenvalue weighted by Gasteiger charge is 2.16. The molecule has 0 saturated heterocycles. The summed E-state index contributed by atoms with van der Waals surface area (Å²) >= 11 is 0. The van der Waals surface area contributed by atoms with Gasteiger partial charge in [0.05, 0.1) is 11.4 Å². The standard InChI is InChI=1S/C14H23N3O/c1-5-6-7-8-9(2)14-16-10(3)12(15)13(17-14)11(4)18/h9H,5-8,15H2,1-4H3. The summed E-state index contributed by atoms with van der Waals surface area (Å²) in [6.07, 6.45) is 4.64. The van der Waals surface area contributed by atoms with Crippen LogP contribution in [0, 0.1) is 6.92 Å². The van der Waals surface area contributed by atoms with Crippen LogP contribution in [0.4, 0.5) is 5.69 Å². The minimum atomic E-state index is -0.0972. The van der Waals surface area contributed by atoms with Crippen molar-refractivity contribution < 1.29 is 4.79 Å². The molecule has 1 unspecified atom stereocenters. The number of nitrogens with two attached hydrogens (primary N) is 1. The van der Waals surface area contributed by atoms with E-state index < -0.39 is 0 Å². The van der Waals surface area contributed by atoms with Gasteiger partial charge in [-0.25, -0.2) is 9.97 Å². The Balaban J connectivity index is 2.92. The van der Waals surface area contributed by atoms with Crippen LogP contribution in [0.5, 0.6) is 0 Å². The fourth-order valence-corrected chi connectivity index (χ4v) is 1.92. The van der Waals surface area contributed by atoms with Crippen LogP contribution in [0.15, 0.2) is 0 Å². The lowest BCUT2D eigenvalue weighted by atomic mass is 10.0. The number of nitrogen functional groups attached to an aromatic ring is 1. The van der Waals surface area contributed by atoms with Crippen molar-refractivity contribution in [2.45, 2.75) is 59.3 Å². The molecule has 1 rings (SSSR count). The third-order valence-electron chi connectivity index (χ3n) is 3.17. The molecule has 0 saturated carbocycles. The average Bonchev–Trinajstić information content (AvgIpc) is 2.32. The van der Waals surface area contributed by atoms with Gasteiger partial charge in [0.25, 0.3) is 0 Å². The van der Waals surface area contributed by atoms with Crippen LogP contribution in [0.3, 0.4) is 0 Å². The van der Waals surface area contributed by atoms with Gasteiger partial charge in [0.1, 0.15) is 11.5 Å². The van der Waals surface area contributed by atoms with E-state index in [-0.39, 0.29) is 11.7 Å². The van der Waals surface area contributed by atoms with E-state index >= 15 is 0 Å². The van der Waals surface area contributed by atoms with Gasteiger partial charge in [0.2, 0.25) is 0 Å². The number of ketones is 1. The summed E-state index contributed by atoms with van der Waals surface area (Å²) < 4.78 is 0. The van der Waals surface area contributed by atoms with Gasteiger partial charge in [-0.3, -0.25) is 4.79 Å². The van der Waals surface area contributed by atoms with Gasteiger partial charge >= 0.3 is 0 Å². The van der Waals surface area contributed by atoms with Crippen molar-refractivity contribution >= 4 is 11.5 Å². The van der Waals surface area contributed by atoms with Crippen molar-refractivity contribution in [2.75, 3.05) is 5.73 Å². The largest absolute Gasteiger partial charge is 0.395 e. The van der Waals surface area contributed by atoms with Crippen LogP contribution in [0.1, 0.15) is 74.4 Å². The average molecular weight is 249 g/mol. The lowest BCUT2D eigenvalue weighted by Gasteiger charge is -2.13. The number of hydrogen-bond donors (Lipinski definition) is 1. The van der Waals surface area contributed by atoms with Crippen LogP contribution >= 0.6 is 0 Å². The molecule has 0 radical (unpaired) electrons. The number of carbonyl (C=O) groups excluding carboxylic acids is 1. The zero-order valence-electron chi connectivity index (χ0n) is 11.8. The predicted molar refractivity (Wildman–Crippen MR) is 73.7 cm³/mol. The summed E-state index contributed by atoms with van der Waals surface area (Å²) in [4.78, 5) is 20.2. The first-order chi connectivity index (χ1) is 8.47. The molecule has 100 valence electrons. The molecule has 1 heterocycles. The smallest absolute Gasteiger partial charge is 0.180 e. The normalized spacial score (nSPS) is 12.4. The third-order valence-corrected chi connectivity index (χ3v) is 3.17. The Kier molecular flexibility index (Phi) is 5.25. The van der Waals surface area contributed by atoms with E-state index in [0.717, 1.165) is 12.2 Å². The third kappa shape index (κ3) is 3.52. The molecule has 0 aliphatic carbocycles. The minimum Gasteiger partial charge on any atom is -0.395 e. The van der Waals surface area contributed by atoms with E-state index in [2.05, 4.69) is 23.8 Å². The summed E-state index contributed by atoms with van der Waals surface area (Å²) in [7, 11) is 0. The summed E-state index contributed by atoms with van der Waals surface area (Å²) in [6, 6.07) is 0. The van der Waals surface area contributed by atoms with Crippen LogP contribution in [-0.2, 0) is 0 Å². The van der Waals surface area contributed by atoms with E-state index in [0.29, 0.717) is 17.1 Å². The van der Waals surface area contributed by atoms with Gasteiger partial charge in [-0.2, -0.15) is 0 Å². The maximum atomic E-state index is 11.5. The second-order valence-corrected chi connectivity index (χ2v) is 4.88. The fourth-order valence-electron chi connectivity index (χ4n) is 1.92. The van der Waals surface area contributed by atoms with E-state index in [4.69, 9.17) is 5.73 Å². The maximum Gasteiger partial charge on any atom is 0.180 e. The summed E-state index contributed by atoms with van der Waals surface area (Å²) in [5, 5.41) is 0.